The number of carbonyl (C=O) groups is 1. The molecule has 4 saturated carbocycles. The van der Waals surface area contributed by atoms with Gasteiger partial charge in [0.15, 0.2) is 0 Å². The summed E-state index contributed by atoms with van der Waals surface area (Å²) in [6, 6.07) is 0. The van der Waals surface area contributed by atoms with E-state index in [1.54, 1.807) is 0 Å². The van der Waals surface area contributed by atoms with E-state index in [0.717, 1.165) is 50.5 Å². The van der Waals surface area contributed by atoms with Crippen LogP contribution < -0.4 is 0 Å². The zero-order valence-corrected chi connectivity index (χ0v) is 18.7. The monoisotopic (exact) mass is 424 g/mol. The van der Waals surface area contributed by atoms with E-state index < -0.39 is 17.5 Å². The van der Waals surface area contributed by atoms with Crippen molar-refractivity contribution in [3.05, 3.63) is 12.2 Å². The molecule has 28 heavy (non-hydrogen) atoms. The van der Waals surface area contributed by atoms with Gasteiger partial charge in [0.25, 0.3) is 0 Å². The lowest BCUT2D eigenvalue weighted by Gasteiger charge is -2.64. The second kappa shape index (κ2) is 6.71. The Hall–Kier alpha value is -0.590. The molecule has 4 aliphatic rings. The first kappa shape index (κ1) is 20.7. The Balaban J connectivity index is 1.82. The third kappa shape index (κ3) is 2.59. The van der Waals surface area contributed by atoms with E-state index >= 15 is 0 Å². The number of aliphatic hydroxyl groups is 1. The third-order valence-electron chi connectivity index (χ3n) is 9.04. The van der Waals surface area contributed by atoms with Crippen molar-refractivity contribution in [3.63, 3.8) is 0 Å². The maximum atomic E-state index is 12.3. The maximum Gasteiger partial charge on any atom is 0.309 e. The summed E-state index contributed by atoms with van der Waals surface area (Å²) < 4.78 is 6.87. The van der Waals surface area contributed by atoms with Gasteiger partial charge in [-0.15, -0.1) is 0 Å². The van der Waals surface area contributed by atoms with Gasteiger partial charge in [-0.25, -0.2) is 0 Å². The fourth-order valence-electron chi connectivity index (χ4n) is 7.98. The molecule has 4 aliphatic carbocycles. The fourth-order valence-corrected chi connectivity index (χ4v) is 8.32. The predicted molar refractivity (Wildman–Crippen MR) is 115 cm³/mol. The molecule has 156 valence electrons. The molecule has 0 radical (unpaired) electrons. The molecule has 6 heteroatoms. The number of carboxylic acids is 1. The van der Waals surface area contributed by atoms with E-state index in [0.29, 0.717) is 4.38 Å². The molecule has 0 aliphatic heterocycles. The van der Waals surface area contributed by atoms with Crippen LogP contribution in [0.1, 0.15) is 58.8 Å². The van der Waals surface area contributed by atoms with Crippen LogP contribution in [0.25, 0.3) is 0 Å². The molecule has 8 atom stereocenters. The zero-order chi connectivity index (χ0) is 20.5. The smallest absolute Gasteiger partial charge is 0.309 e. The van der Waals surface area contributed by atoms with Gasteiger partial charge >= 0.3 is 5.97 Å². The van der Waals surface area contributed by atoms with Crippen LogP contribution >= 0.6 is 24.0 Å². The lowest BCUT2D eigenvalue weighted by atomic mass is 9.40. The molecule has 2 bridgehead atoms. The molecule has 4 rings (SSSR count). The summed E-state index contributed by atoms with van der Waals surface area (Å²) in [6.07, 6.45) is 7.45. The lowest BCUT2D eigenvalue weighted by Crippen LogP contribution is -2.63. The van der Waals surface area contributed by atoms with Crippen LogP contribution in [0.5, 0.6) is 0 Å². The van der Waals surface area contributed by atoms with E-state index in [1.807, 2.05) is 13.2 Å². The molecule has 2 N–H and O–H groups in total. The van der Waals surface area contributed by atoms with Crippen LogP contribution in [0.15, 0.2) is 12.2 Å². The van der Waals surface area contributed by atoms with Crippen LogP contribution in [-0.2, 0) is 9.53 Å². The van der Waals surface area contributed by atoms with Gasteiger partial charge in [-0.05, 0) is 86.7 Å². The Morgan fingerprint density at radius 2 is 2.04 bits per heavy atom. The highest BCUT2D eigenvalue weighted by atomic mass is 32.2. The predicted octanol–water partition coefficient (Wildman–Crippen LogP) is 4.65. The van der Waals surface area contributed by atoms with E-state index in [-0.39, 0.29) is 34.7 Å². The number of fused-ring (bicyclic) bond motifs is 3. The number of thiocarbonyl (C=S) groups is 1. The van der Waals surface area contributed by atoms with Crippen molar-refractivity contribution in [2.45, 2.75) is 71.0 Å². The highest BCUT2D eigenvalue weighted by Gasteiger charge is 2.70. The van der Waals surface area contributed by atoms with Crippen molar-refractivity contribution in [2.75, 3.05) is 6.26 Å². The van der Waals surface area contributed by atoms with Crippen LogP contribution in [0.4, 0.5) is 0 Å². The van der Waals surface area contributed by atoms with Crippen LogP contribution in [0.2, 0.25) is 0 Å². The number of hydrogen-bond acceptors (Lipinski definition) is 5. The number of thioether (sulfide) groups is 1. The molecular formula is C22H32O4S2. The zero-order valence-electron chi connectivity index (χ0n) is 17.1. The SMILES string of the molecule is C=C1[C@@H]2C[C@H](OC(=S)SC)[C@H]3[C@]4(C)CCC[C@@](C)(C(=O)O)[C@H]4CC[C@]3(C2)[C@@H]1O. The Morgan fingerprint density at radius 1 is 1.32 bits per heavy atom. The summed E-state index contributed by atoms with van der Waals surface area (Å²) in [5.41, 5.74) is -0.194. The van der Waals surface area contributed by atoms with Crippen LogP contribution in [0, 0.1) is 34.0 Å². The average Bonchev–Trinajstić information content (AvgIpc) is 2.82. The largest absolute Gasteiger partial charge is 0.481 e. The first-order valence-electron chi connectivity index (χ1n) is 10.4. The molecule has 0 amide bonds. The van der Waals surface area contributed by atoms with E-state index in [2.05, 4.69) is 13.5 Å². The Morgan fingerprint density at radius 3 is 2.68 bits per heavy atom. The van der Waals surface area contributed by atoms with Gasteiger partial charge in [-0.1, -0.05) is 31.7 Å². The van der Waals surface area contributed by atoms with Crippen LogP contribution in [-0.4, -0.2) is 39.0 Å². The van der Waals surface area contributed by atoms with Gasteiger partial charge in [0.05, 0.1) is 11.5 Å². The normalized spacial score (nSPS) is 49.9. The number of ether oxygens (including phenoxy) is 1. The van der Waals surface area contributed by atoms with Gasteiger partial charge < -0.3 is 14.9 Å². The van der Waals surface area contributed by atoms with Gasteiger partial charge in [0.1, 0.15) is 6.10 Å². The standard InChI is InChI=1S/C22H32O4S2/c1-12-13-10-14(26-19(27)28-4)16-20(2)7-5-8-21(3,18(24)25)15(20)6-9-22(16,11-13)17(12)23/h13-17,23H,1,5-11H2,2-4H3,(H,24,25)/t13-,14+,15+,16+,17-,20-,21-,22-/m1/s1. The molecule has 0 heterocycles. The summed E-state index contributed by atoms with van der Waals surface area (Å²) in [6.45, 7) is 8.46. The molecule has 4 nitrogen and oxygen atoms in total. The maximum absolute atomic E-state index is 12.3. The summed E-state index contributed by atoms with van der Waals surface area (Å²) in [4.78, 5) is 12.3. The second-order valence-corrected chi connectivity index (χ2v) is 11.5. The molecule has 4 fully saturated rings. The van der Waals surface area contributed by atoms with E-state index in [9.17, 15) is 15.0 Å². The number of rotatable bonds is 2. The molecular weight excluding hydrogens is 392 g/mol. The van der Waals surface area contributed by atoms with Crippen LogP contribution in [0.3, 0.4) is 0 Å². The Kier molecular flexibility index (Phi) is 4.95. The number of carboxylic acid groups (broad SMARTS) is 1. The fraction of sp³-hybridized carbons (Fsp3) is 0.818. The van der Waals surface area contributed by atoms with E-state index in [1.165, 1.54) is 11.8 Å². The van der Waals surface area contributed by atoms with Crippen molar-refractivity contribution < 1.29 is 19.7 Å². The van der Waals surface area contributed by atoms with Crippen molar-refractivity contribution in [2.24, 2.45) is 34.0 Å². The van der Waals surface area contributed by atoms with Gasteiger partial charge in [0.2, 0.25) is 4.38 Å². The number of aliphatic carboxylic acids is 1. The summed E-state index contributed by atoms with van der Waals surface area (Å²) in [5, 5.41) is 21.4. The topological polar surface area (TPSA) is 66.8 Å². The highest BCUT2D eigenvalue weighted by molar-refractivity contribution is 8.22. The second-order valence-electron chi connectivity index (χ2n) is 10.1. The summed E-state index contributed by atoms with van der Waals surface area (Å²) >= 11 is 6.86. The van der Waals surface area contributed by atoms with Crippen molar-refractivity contribution in [3.8, 4) is 0 Å². The third-order valence-corrected chi connectivity index (χ3v) is 10.1. The van der Waals surface area contributed by atoms with E-state index in [4.69, 9.17) is 17.0 Å². The number of hydrogen-bond donors (Lipinski definition) is 2. The van der Waals surface area contributed by atoms with Crippen molar-refractivity contribution in [1.82, 2.24) is 0 Å². The molecule has 0 aromatic carbocycles. The Labute approximate surface area is 177 Å². The quantitative estimate of drug-likeness (QED) is 0.497. The molecule has 1 spiro atoms. The minimum Gasteiger partial charge on any atom is -0.481 e. The van der Waals surface area contributed by atoms with Crippen molar-refractivity contribution in [1.29, 1.82) is 0 Å². The lowest BCUT2D eigenvalue weighted by molar-refractivity contribution is -0.209. The van der Waals surface area contributed by atoms with Gasteiger partial charge in [0, 0.05) is 11.3 Å². The van der Waals surface area contributed by atoms with Crippen molar-refractivity contribution >= 4 is 34.3 Å². The molecule has 0 aromatic rings. The molecule has 0 unspecified atom stereocenters. The first-order valence-corrected chi connectivity index (χ1v) is 12.1. The minimum atomic E-state index is -0.712. The number of aliphatic hydroxyl groups excluding tert-OH is 1. The summed E-state index contributed by atoms with van der Waals surface area (Å²) in [7, 11) is 0. The Bertz CT molecular complexity index is 723. The average molecular weight is 425 g/mol. The first-order chi connectivity index (χ1) is 13.1. The molecule has 0 aromatic heterocycles. The molecule has 0 saturated heterocycles. The van der Waals surface area contributed by atoms with Gasteiger partial charge in [-0.3, -0.25) is 4.79 Å². The summed E-state index contributed by atoms with van der Waals surface area (Å²) in [5.74, 6) is -0.209. The van der Waals surface area contributed by atoms with Gasteiger partial charge in [-0.2, -0.15) is 0 Å². The highest BCUT2D eigenvalue weighted by Crippen LogP contribution is 2.72. The minimum absolute atomic E-state index is 0.0726.